The summed E-state index contributed by atoms with van der Waals surface area (Å²) >= 11 is 0. The van der Waals surface area contributed by atoms with E-state index in [9.17, 15) is 5.11 Å². The lowest BCUT2D eigenvalue weighted by Gasteiger charge is -2.29. The van der Waals surface area contributed by atoms with Crippen LogP contribution in [-0.2, 0) is 5.41 Å². The van der Waals surface area contributed by atoms with Gasteiger partial charge in [-0.3, -0.25) is 4.57 Å². The maximum Gasteiger partial charge on any atom is 0.145 e. The first-order valence-corrected chi connectivity index (χ1v) is 21.5. The normalized spacial score (nSPS) is 11.6. The van der Waals surface area contributed by atoms with Crippen molar-refractivity contribution in [2.75, 3.05) is 4.90 Å². The molecule has 0 saturated heterocycles. The third-order valence-electron chi connectivity index (χ3n) is 12.1. The Hall–Kier alpha value is -7.76. The standard InChI is InChI=1S/C58H48N4O/c1-38-19-17-20-39(2)55(38)43-31-42(32-46(33-43)62-54-29-16-15-27-48(54)49-28-18-30-59-57(49)62)52-34-41(40-21-9-6-10-22-40)35-53(60-52)50-36-47(37-51(56(50)63)58(3,4)5)61(44-23-11-7-12-24-44)45-25-13-8-14-26-45/h6-37,63H,1-5H3. The number of phenols is 1. The van der Waals surface area contributed by atoms with Gasteiger partial charge in [0, 0.05) is 56.4 Å². The maximum absolute atomic E-state index is 12.5. The molecule has 0 fully saturated rings. The first kappa shape index (κ1) is 39.4. The molecule has 5 heteroatoms. The second kappa shape index (κ2) is 15.9. The van der Waals surface area contributed by atoms with Crippen LogP contribution in [-0.4, -0.2) is 19.6 Å². The van der Waals surface area contributed by atoms with E-state index in [4.69, 9.17) is 9.97 Å². The molecule has 0 bridgehead atoms. The van der Waals surface area contributed by atoms with Gasteiger partial charge in [0.1, 0.15) is 11.4 Å². The number of nitrogens with zero attached hydrogens (tertiary/aromatic N) is 4. The van der Waals surface area contributed by atoms with Crippen LogP contribution in [0.15, 0.2) is 194 Å². The molecule has 0 radical (unpaired) electrons. The highest BCUT2D eigenvalue weighted by molar-refractivity contribution is 6.08. The summed E-state index contributed by atoms with van der Waals surface area (Å²) in [5.74, 6) is 0.220. The van der Waals surface area contributed by atoms with Crippen LogP contribution in [0.25, 0.3) is 72.4 Å². The Bertz CT molecular complexity index is 3180. The monoisotopic (exact) mass is 816 g/mol. The second-order valence-electron chi connectivity index (χ2n) is 17.4. The number of rotatable bonds is 8. The number of aromatic hydroxyl groups is 1. The zero-order valence-corrected chi connectivity index (χ0v) is 36.2. The summed E-state index contributed by atoms with van der Waals surface area (Å²) in [7, 11) is 0. The SMILES string of the molecule is Cc1cccc(C)c1-c1cc(-c2cc(-c3ccccc3)cc(-c3cc(N(c4ccccc4)c4ccccc4)cc(C(C)(C)C)c3O)n2)cc(-n2c3ccccc3c3cccnc32)c1. The number of benzene rings is 7. The molecule has 0 spiro atoms. The van der Waals surface area contributed by atoms with Crippen molar-refractivity contribution >= 4 is 39.0 Å². The van der Waals surface area contributed by atoms with Crippen LogP contribution in [0, 0.1) is 13.8 Å². The molecular formula is C58H48N4O. The van der Waals surface area contributed by atoms with Gasteiger partial charge in [0.15, 0.2) is 0 Å². The number of para-hydroxylation sites is 3. The van der Waals surface area contributed by atoms with Gasteiger partial charge in [-0.25, -0.2) is 9.97 Å². The van der Waals surface area contributed by atoms with E-state index in [1.165, 1.54) is 16.7 Å². The lowest BCUT2D eigenvalue weighted by Crippen LogP contribution is -2.15. The van der Waals surface area contributed by atoms with Crippen molar-refractivity contribution < 1.29 is 5.11 Å². The molecule has 5 nitrogen and oxygen atoms in total. The molecule has 63 heavy (non-hydrogen) atoms. The minimum atomic E-state index is -0.390. The zero-order chi connectivity index (χ0) is 43.2. The molecule has 0 unspecified atom stereocenters. The Morgan fingerprint density at radius 1 is 0.508 bits per heavy atom. The Labute approximate surface area is 369 Å². The number of pyridine rings is 2. The number of phenolic OH excluding ortho intramolecular Hbond substituents is 1. The van der Waals surface area contributed by atoms with Crippen molar-refractivity contribution in [1.29, 1.82) is 0 Å². The van der Waals surface area contributed by atoms with Gasteiger partial charge >= 0.3 is 0 Å². The van der Waals surface area contributed by atoms with E-state index in [2.05, 4.69) is 208 Å². The van der Waals surface area contributed by atoms with E-state index in [-0.39, 0.29) is 5.75 Å². The molecular weight excluding hydrogens is 769 g/mol. The summed E-state index contributed by atoms with van der Waals surface area (Å²) in [6.07, 6.45) is 1.87. The highest BCUT2D eigenvalue weighted by Gasteiger charge is 2.26. The molecule has 0 aliphatic heterocycles. The number of fused-ring (bicyclic) bond motifs is 3. The zero-order valence-electron chi connectivity index (χ0n) is 36.2. The van der Waals surface area contributed by atoms with Crippen LogP contribution in [0.5, 0.6) is 5.75 Å². The largest absolute Gasteiger partial charge is 0.507 e. The number of aromatic nitrogens is 3. The summed E-state index contributed by atoms with van der Waals surface area (Å²) in [6.45, 7) is 10.8. The van der Waals surface area contributed by atoms with Crippen LogP contribution < -0.4 is 4.90 Å². The van der Waals surface area contributed by atoms with E-state index in [0.717, 1.165) is 78.2 Å². The molecule has 1 N–H and O–H groups in total. The number of anilines is 3. The number of hydrogen-bond donors (Lipinski definition) is 1. The average Bonchev–Trinajstić information content (AvgIpc) is 3.64. The van der Waals surface area contributed by atoms with E-state index in [1.54, 1.807) is 0 Å². The van der Waals surface area contributed by atoms with Crippen LogP contribution in [0.4, 0.5) is 17.1 Å². The Balaban J connectivity index is 1.26. The summed E-state index contributed by atoms with van der Waals surface area (Å²) in [4.78, 5) is 12.8. The number of aryl methyl sites for hydroxylation is 2. The van der Waals surface area contributed by atoms with Gasteiger partial charge in [0.2, 0.25) is 0 Å². The Morgan fingerprint density at radius 2 is 1.11 bits per heavy atom. The first-order chi connectivity index (χ1) is 30.6. The average molecular weight is 817 g/mol. The third-order valence-corrected chi connectivity index (χ3v) is 12.1. The molecule has 0 aliphatic carbocycles. The van der Waals surface area contributed by atoms with Gasteiger partial charge in [-0.1, -0.05) is 124 Å². The smallest absolute Gasteiger partial charge is 0.145 e. The number of hydrogen-bond acceptors (Lipinski definition) is 4. The van der Waals surface area contributed by atoms with Crippen molar-refractivity contribution in [3.63, 3.8) is 0 Å². The maximum atomic E-state index is 12.5. The van der Waals surface area contributed by atoms with Gasteiger partial charge < -0.3 is 10.0 Å². The third kappa shape index (κ3) is 7.32. The lowest BCUT2D eigenvalue weighted by molar-refractivity contribution is 0.448. The van der Waals surface area contributed by atoms with Crippen molar-refractivity contribution in [1.82, 2.24) is 14.5 Å². The molecule has 0 saturated carbocycles. The molecule has 0 aliphatic rings. The van der Waals surface area contributed by atoms with Crippen molar-refractivity contribution in [3.05, 3.63) is 211 Å². The highest BCUT2D eigenvalue weighted by Crippen LogP contribution is 2.46. The van der Waals surface area contributed by atoms with E-state index >= 15 is 0 Å². The summed E-state index contributed by atoms with van der Waals surface area (Å²) in [5.41, 5.74) is 16.2. The summed E-state index contributed by atoms with van der Waals surface area (Å²) in [6, 6.07) is 65.7. The topological polar surface area (TPSA) is 54.2 Å². The fourth-order valence-corrected chi connectivity index (χ4v) is 9.09. The molecule has 0 amide bonds. The summed E-state index contributed by atoms with van der Waals surface area (Å²) < 4.78 is 2.28. The predicted molar refractivity (Wildman–Crippen MR) is 263 cm³/mol. The van der Waals surface area contributed by atoms with Gasteiger partial charge in [0.25, 0.3) is 0 Å². The molecule has 306 valence electrons. The first-order valence-electron chi connectivity index (χ1n) is 21.5. The minimum Gasteiger partial charge on any atom is -0.507 e. The van der Waals surface area contributed by atoms with Gasteiger partial charge in [-0.15, -0.1) is 0 Å². The van der Waals surface area contributed by atoms with Crippen LogP contribution in [0.1, 0.15) is 37.5 Å². The quantitative estimate of drug-likeness (QED) is 0.166. The van der Waals surface area contributed by atoms with Crippen LogP contribution >= 0.6 is 0 Å². The lowest BCUT2D eigenvalue weighted by atomic mass is 9.84. The molecule has 10 rings (SSSR count). The van der Waals surface area contributed by atoms with Crippen LogP contribution in [0.2, 0.25) is 0 Å². The van der Waals surface area contributed by atoms with Gasteiger partial charge in [0.05, 0.1) is 16.9 Å². The predicted octanol–water partition coefficient (Wildman–Crippen LogP) is 15.3. The molecule has 0 atom stereocenters. The minimum absolute atomic E-state index is 0.220. The van der Waals surface area contributed by atoms with Crippen molar-refractivity contribution in [3.8, 4) is 56.2 Å². The second-order valence-corrected chi connectivity index (χ2v) is 17.4. The van der Waals surface area contributed by atoms with Crippen molar-refractivity contribution in [2.45, 2.75) is 40.0 Å². The van der Waals surface area contributed by atoms with Crippen LogP contribution in [0.3, 0.4) is 0 Å². The van der Waals surface area contributed by atoms with E-state index in [1.807, 2.05) is 30.5 Å². The van der Waals surface area contributed by atoms with Crippen molar-refractivity contribution in [2.24, 2.45) is 0 Å². The highest BCUT2D eigenvalue weighted by atomic mass is 16.3. The van der Waals surface area contributed by atoms with Gasteiger partial charge in [-0.2, -0.15) is 0 Å². The van der Waals surface area contributed by atoms with Gasteiger partial charge in [-0.05, 0) is 138 Å². The van der Waals surface area contributed by atoms with E-state index < -0.39 is 5.41 Å². The Kier molecular flexibility index (Phi) is 9.96. The molecule has 3 heterocycles. The summed E-state index contributed by atoms with van der Waals surface area (Å²) in [5, 5.41) is 14.8. The fraction of sp³-hybridized carbons (Fsp3) is 0.103. The molecule has 3 aromatic heterocycles. The molecule has 10 aromatic rings. The molecule has 7 aromatic carbocycles. The Morgan fingerprint density at radius 3 is 1.79 bits per heavy atom. The fourth-order valence-electron chi connectivity index (χ4n) is 9.09. The van der Waals surface area contributed by atoms with E-state index in [0.29, 0.717) is 11.3 Å².